The van der Waals surface area contributed by atoms with E-state index in [4.69, 9.17) is 10.5 Å². The zero-order valence-electron chi connectivity index (χ0n) is 11.4. The molecule has 1 unspecified atom stereocenters. The van der Waals surface area contributed by atoms with Gasteiger partial charge in [-0.2, -0.15) is 5.10 Å². The van der Waals surface area contributed by atoms with Crippen LogP contribution in [-0.4, -0.2) is 21.4 Å². The van der Waals surface area contributed by atoms with Gasteiger partial charge in [0.2, 0.25) is 0 Å². The van der Waals surface area contributed by atoms with Gasteiger partial charge in [0.1, 0.15) is 10.8 Å². The second-order valence-corrected chi connectivity index (χ2v) is 5.60. The third kappa shape index (κ3) is 2.39. The maximum Gasteiger partial charge on any atom is 0.120 e. The van der Waals surface area contributed by atoms with Gasteiger partial charge in [-0.3, -0.25) is 4.68 Å². The Labute approximate surface area is 121 Å². The Kier molecular flexibility index (Phi) is 3.42. The Balaban J connectivity index is 1.95. The number of fused-ring (bicyclic) bond motifs is 1. The molecule has 3 rings (SSSR count). The molecule has 1 atom stereocenters. The van der Waals surface area contributed by atoms with Crippen molar-refractivity contribution in [3.8, 4) is 5.75 Å². The van der Waals surface area contributed by atoms with E-state index in [2.05, 4.69) is 10.1 Å². The molecule has 3 aromatic rings. The SMILES string of the molecule is CCOc1ccc2nc(C(N)c3cnn(C)c3)sc2c1. The summed E-state index contributed by atoms with van der Waals surface area (Å²) in [6.45, 7) is 2.63. The number of aromatic nitrogens is 3. The normalized spacial score (nSPS) is 12.8. The van der Waals surface area contributed by atoms with Crippen LogP contribution >= 0.6 is 11.3 Å². The summed E-state index contributed by atoms with van der Waals surface area (Å²) in [4.78, 5) is 4.60. The molecule has 2 aromatic heterocycles. The summed E-state index contributed by atoms with van der Waals surface area (Å²) in [6, 6.07) is 5.67. The first-order chi connectivity index (χ1) is 9.67. The standard InChI is InChI=1S/C14H16N4OS/c1-3-19-10-4-5-11-12(6-10)20-14(17-11)13(15)9-7-16-18(2)8-9/h4-8,13H,3,15H2,1-2H3. The molecule has 2 heterocycles. The maximum atomic E-state index is 6.25. The van der Waals surface area contributed by atoms with Crippen molar-refractivity contribution in [1.29, 1.82) is 0 Å². The summed E-state index contributed by atoms with van der Waals surface area (Å²) in [7, 11) is 1.88. The van der Waals surface area contributed by atoms with E-state index in [0.717, 1.165) is 26.5 Å². The molecule has 0 saturated carbocycles. The van der Waals surface area contributed by atoms with E-state index in [1.165, 1.54) is 0 Å². The summed E-state index contributed by atoms with van der Waals surface area (Å²) in [5.74, 6) is 0.866. The molecule has 0 fully saturated rings. The van der Waals surface area contributed by atoms with Crippen LogP contribution in [0.1, 0.15) is 23.5 Å². The summed E-state index contributed by atoms with van der Waals surface area (Å²) in [5.41, 5.74) is 8.17. The number of nitrogens with two attached hydrogens (primary N) is 1. The lowest BCUT2D eigenvalue weighted by Gasteiger charge is -2.03. The summed E-state index contributed by atoms with van der Waals surface area (Å²) in [5, 5.41) is 5.04. The third-order valence-electron chi connectivity index (χ3n) is 3.04. The molecule has 2 N–H and O–H groups in total. The molecule has 0 aliphatic heterocycles. The summed E-state index contributed by atoms with van der Waals surface area (Å²) in [6.07, 6.45) is 3.70. The van der Waals surface area contributed by atoms with Crippen molar-refractivity contribution in [1.82, 2.24) is 14.8 Å². The highest BCUT2D eigenvalue weighted by Crippen LogP contribution is 2.31. The Morgan fingerprint density at radius 2 is 2.30 bits per heavy atom. The average Bonchev–Trinajstić information content (AvgIpc) is 3.04. The molecule has 1 aromatic carbocycles. The van der Waals surface area contributed by atoms with E-state index in [-0.39, 0.29) is 6.04 Å². The first-order valence-electron chi connectivity index (χ1n) is 6.45. The van der Waals surface area contributed by atoms with Gasteiger partial charge in [-0.25, -0.2) is 4.98 Å². The molecular formula is C14H16N4OS. The minimum atomic E-state index is -0.239. The quantitative estimate of drug-likeness (QED) is 0.801. The molecule has 0 amide bonds. The monoisotopic (exact) mass is 288 g/mol. The van der Waals surface area contributed by atoms with E-state index >= 15 is 0 Å². The van der Waals surface area contributed by atoms with Gasteiger partial charge in [0.25, 0.3) is 0 Å². The maximum absolute atomic E-state index is 6.25. The van der Waals surface area contributed by atoms with Crippen LogP contribution < -0.4 is 10.5 Å². The van der Waals surface area contributed by atoms with Crippen LogP contribution in [0.3, 0.4) is 0 Å². The molecule has 5 nitrogen and oxygen atoms in total. The van der Waals surface area contributed by atoms with Gasteiger partial charge in [0.15, 0.2) is 0 Å². The Morgan fingerprint density at radius 3 is 3.00 bits per heavy atom. The van der Waals surface area contributed by atoms with Crippen LogP contribution in [0.4, 0.5) is 0 Å². The van der Waals surface area contributed by atoms with Crippen LogP contribution in [0.25, 0.3) is 10.2 Å². The molecule has 0 radical (unpaired) electrons. The van der Waals surface area contributed by atoms with Crippen LogP contribution in [0.2, 0.25) is 0 Å². The number of benzene rings is 1. The van der Waals surface area contributed by atoms with E-state index in [1.54, 1.807) is 22.2 Å². The van der Waals surface area contributed by atoms with Crippen molar-refractivity contribution in [2.75, 3.05) is 6.61 Å². The molecule has 0 aliphatic carbocycles. The topological polar surface area (TPSA) is 66.0 Å². The number of rotatable bonds is 4. The lowest BCUT2D eigenvalue weighted by atomic mass is 10.2. The second-order valence-electron chi connectivity index (χ2n) is 4.54. The molecule has 104 valence electrons. The number of aryl methyl sites for hydroxylation is 1. The van der Waals surface area contributed by atoms with E-state index in [9.17, 15) is 0 Å². The van der Waals surface area contributed by atoms with Gasteiger partial charge in [-0.1, -0.05) is 0 Å². The Bertz CT molecular complexity index is 734. The molecule has 0 aliphatic rings. The van der Waals surface area contributed by atoms with Gasteiger partial charge < -0.3 is 10.5 Å². The van der Waals surface area contributed by atoms with E-state index in [0.29, 0.717) is 6.61 Å². The molecule has 0 bridgehead atoms. The average molecular weight is 288 g/mol. The van der Waals surface area contributed by atoms with Crippen molar-refractivity contribution in [2.45, 2.75) is 13.0 Å². The highest BCUT2D eigenvalue weighted by atomic mass is 32.1. The minimum Gasteiger partial charge on any atom is -0.494 e. The molecule has 20 heavy (non-hydrogen) atoms. The van der Waals surface area contributed by atoms with Gasteiger partial charge in [-0.15, -0.1) is 11.3 Å². The minimum absolute atomic E-state index is 0.239. The second kappa shape index (κ2) is 5.22. The van der Waals surface area contributed by atoms with Gasteiger partial charge in [0, 0.05) is 18.8 Å². The zero-order chi connectivity index (χ0) is 14.1. The van der Waals surface area contributed by atoms with Crippen molar-refractivity contribution in [3.63, 3.8) is 0 Å². The predicted molar refractivity (Wildman–Crippen MR) is 80.0 cm³/mol. The molecule has 6 heteroatoms. The first kappa shape index (κ1) is 13.1. The van der Waals surface area contributed by atoms with E-state index < -0.39 is 0 Å². The number of nitrogens with zero attached hydrogens (tertiary/aromatic N) is 3. The van der Waals surface area contributed by atoms with E-state index in [1.807, 2.05) is 38.4 Å². The summed E-state index contributed by atoms with van der Waals surface area (Å²) >= 11 is 1.60. The highest BCUT2D eigenvalue weighted by molar-refractivity contribution is 7.18. The van der Waals surface area contributed by atoms with Crippen LogP contribution in [-0.2, 0) is 7.05 Å². The number of ether oxygens (including phenoxy) is 1. The number of thiazole rings is 1. The largest absolute Gasteiger partial charge is 0.494 e. The molecule has 0 spiro atoms. The lowest BCUT2D eigenvalue weighted by Crippen LogP contribution is -2.10. The van der Waals surface area contributed by atoms with Crippen LogP contribution in [0, 0.1) is 0 Å². The fourth-order valence-electron chi connectivity index (χ4n) is 2.06. The first-order valence-corrected chi connectivity index (χ1v) is 7.26. The molecular weight excluding hydrogens is 272 g/mol. The molecule has 0 saturated heterocycles. The third-order valence-corrected chi connectivity index (χ3v) is 4.14. The fraction of sp³-hybridized carbons (Fsp3) is 0.286. The smallest absolute Gasteiger partial charge is 0.120 e. The lowest BCUT2D eigenvalue weighted by molar-refractivity contribution is 0.341. The number of hydrogen-bond donors (Lipinski definition) is 1. The highest BCUT2D eigenvalue weighted by Gasteiger charge is 2.15. The van der Waals surface area contributed by atoms with Crippen molar-refractivity contribution >= 4 is 21.6 Å². The van der Waals surface area contributed by atoms with Gasteiger partial charge >= 0.3 is 0 Å². The van der Waals surface area contributed by atoms with Gasteiger partial charge in [0.05, 0.1) is 29.1 Å². The van der Waals surface area contributed by atoms with Gasteiger partial charge in [-0.05, 0) is 25.1 Å². The Hall–Kier alpha value is -1.92. The van der Waals surface area contributed by atoms with Crippen LogP contribution in [0.15, 0.2) is 30.6 Å². The zero-order valence-corrected chi connectivity index (χ0v) is 12.2. The van der Waals surface area contributed by atoms with Crippen molar-refractivity contribution in [3.05, 3.63) is 41.2 Å². The summed E-state index contributed by atoms with van der Waals surface area (Å²) < 4.78 is 8.34. The predicted octanol–water partition coefficient (Wildman–Crippen LogP) is 2.48. The van der Waals surface area contributed by atoms with Crippen LogP contribution in [0.5, 0.6) is 5.75 Å². The van der Waals surface area contributed by atoms with Crippen molar-refractivity contribution in [2.24, 2.45) is 12.8 Å². The fourth-order valence-corrected chi connectivity index (χ4v) is 3.08. The number of hydrogen-bond acceptors (Lipinski definition) is 5. The Morgan fingerprint density at radius 1 is 1.45 bits per heavy atom. The van der Waals surface area contributed by atoms with Crippen molar-refractivity contribution < 1.29 is 4.74 Å².